The standard InChI is InChI=1S/C11H22N2OS/c1-9(10-5-3-6-10)13-11(15)12-7-4-8-14-2/h9-10H,3-8H2,1-2H3,(H2,12,13,15). The Kier molecular flexibility index (Phi) is 5.95. The zero-order valence-electron chi connectivity index (χ0n) is 9.71. The SMILES string of the molecule is COCCCNC(=S)NC(C)C1CCC1. The van der Waals surface area contributed by atoms with Crippen molar-refractivity contribution in [2.24, 2.45) is 5.92 Å². The lowest BCUT2D eigenvalue weighted by Gasteiger charge is -2.32. The first-order valence-corrected chi connectivity index (χ1v) is 6.18. The molecule has 1 saturated carbocycles. The van der Waals surface area contributed by atoms with Crippen molar-refractivity contribution < 1.29 is 4.74 Å². The first-order valence-electron chi connectivity index (χ1n) is 5.77. The monoisotopic (exact) mass is 230 g/mol. The first-order chi connectivity index (χ1) is 7.24. The fourth-order valence-corrected chi connectivity index (χ4v) is 2.02. The van der Waals surface area contributed by atoms with Gasteiger partial charge in [-0.1, -0.05) is 6.42 Å². The normalized spacial score (nSPS) is 18.0. The predicted octanol–water partition coefficient (Wildman–Crippen LogP) is 1.68. The van der Waals surface area contributed by atoms with Gasteiger partial charge in [-0.25, -0.2) is 0 Å². The molecule has 0 amide bonds. The molecule has 0 aromatic heterocycles. The van der Waals surface area contributed by atoms with Gasteiger partial charge in [-0.15, -0.1) is 0 Å². The highest BCUT2D eigenvalue weighted by molar-refractivity contribution is 7.80. The third kappa shape index (κ3) is 4.80. The fourth-order valence-electron chi connectivity index (χ4n) is 1.73. The third-order valence-electron chi connectivity index (χ3n) is 3.03. The van der Waals surface area contributed by atoms with Crippen LogP contribution in [0.4, 0.5) is 0 Å². The van der Waals surface area contributed by atoms with Crippen LogP contribution in [0.25, 0.3) is 0 Å². The van der Waals surface area contributed by atoms with E-state index in [1.807, 2.05) is 0 Å². The van der Waals surface area contributed by atoms with Crippen LogP contribution >= 0.6 is 12.2 Å². The summed E-state index contributed by atoms with van der Waals surface area (Å²) in [6.07, 6.45) is 5.07. The maximum absolute atomic E-state index is 5.21. The van der Waals surface area contributed by atoms with Crippen molar-refractivity contribution in [3.8, 4) is 0 Å². The third-order valence-corrected chi connectivity index (χ3v) is 3.29. The number of rotatable bonds is 6. The van der Waals surface area contributed by atoms with E-state index in [-0.39, 0.29) is 0 Å². The molecule has 2 N–H and O–H groups in total. The molecule has 3 nitrogen and oxygen atoms in total. The summed E-state index contributed by atoms with van der Waals surface area (Å²) in [6, 6.07) is 0.515. The predicted molar refractivity (Wildman–Crippen MR) is 67.0 cm³/mol. The largest absolute Gasteiger partial charge is 0.385 e. The summed E-state index contributed by atoms with van der Waals surface area (Å²) in [5.41, 5.74) is 0. The van der Waals surface area contributed by atoms with Crippen LogP contribution in [0.15, 0.2) is 0 Å². The van der Waals surface area contributed by atoms with Gasteiger partial charge < -0.3 is 15.4 Å². The lowest BCUT2D eigenvalue weighted by molar-refractivity contribution is 0.195. The summed E-state index contributed by atoms with van der Waals surface area (Å²) < 4.78 is 4.97. The molecular formula is C11H22N2OS. The van der Waals surface area contributed by atoms with Gasteiger partial charge in [0.2, 0.25) is 0 Å². The van der Waals surface area contributed by atoms with Crippen LogP contribution in [0.3, 0.4) is 0 Å². The summed E-state index contributed by atoms with van der Waals surface area (Å²) in [5.74, 6) is 0.823. The van der Waals surface area contributed by atoms with Crippen molar-refractivity contribution in [2.45, 2.75) is 38.6 Å². The van der Waals surface area contributed by atoms with Gasteiger partial charge in [0.1, 0.15) is 0 Å². The molecule has 15 heavy (non-hydrogen) atoms. The Hall–Kier alpha value is -0.350. The van der Waals surface area contributed by atoms with Gasteiger partial charge in [0.05, 0.1) is 0 Å². The highest BCUT2D eigenvalue weighted by Crippen LogP contribution is 2.29. The zero-order chi connectivity index (χ0) is 11.1. The second kappa shape index (κ2) is 7.01. The number of thiocarbonyl (C=S) groups is 1. The molecule has 4 heteroatoms. The summed E-state index contributed by atoms with van der Waals surface area (Å²) in [4.78, 5) is 0. The lowest BCUT2D eigenvalue weighted by Crippen LogP contribution is -2.45. The molecule has 0 radical (unpaired) electrons. The maximum Gasteiger partial charge on any atom is 0.166 e. The zero-order valence-corrected chi connectivity index (χ0v) is 10.5. The first kappa shape index (κ1) is 12.7. The second-order valence-corrected chi connectivity index (χ2v) is 4.63. The molecular weight excluding hydrogens is 208 g/mol. The minimum atomic E-state index is 0.515. The molecule has 1 atom stereocenters. The maximum atomic E-state index is 5.21. The molecule has 0 saturated heterocycles. The number of methoxy groups -OCH3 is 1. The van der Waals surface area contributed by atoms with Crippen molar-refractivity contribution >= 4 is 17.3 Å². The van der Waals surface area contributed by atoms with E-state index in [1.165, 1.54) is 19.3 Å². The van der Waals surface area contributed by atoms with E-state index in [9.17, 15) is 0 Å². The number of nitrogens with one attached hydrogen (secondary N) is 2. The van der Waals surface area contributed by atoms with Crippen LogP contribution in [0.2, 0.25) is 0 Å². The molecule has 88 valence electrons. The Balaban J connectivity index is 2.01. The molecule has 1 aliphatic carbocycles. The van der Waals surface area contributed by atoms with Gasteiger partial charge in [-0.2, -0.15) is 0 Å². The van der Waals surface area contributed by atoms with Gasteiger partial charge in [-0.3, -0.25) is 0 Å². The molecule has 1 unspecified atom stereocenters. The van der Waals surface area contributed by atoms with Crippen LogP contribution in [0, 0.1) is 5.92 Å². The summed E-state index contributed by atoms with van der Waals surface area (Å²) >= 11 is 5.21. The van der Waals surface area contributed by atoms with E-state index < -0.39 is 0 Å². The van der Waals surface area contributed by atoms with Crippen molar-refractivity contribution in [1.29, 1.82) is 0 Å². The summed E-state index contributed by atoms with van der Waals surface area (Å²) in [6.45, 7) is 3.89. The molecule has 0 heterocycles. The molecule has 0 aromatic carbocycles. The van der Waals surface area contributed by atoms with E-state index in [4.69, 9.17) is 17.0 Å². The highest BCUT2D eigenvalue weighted by atomic mass is 32.1. The van der Waals surface area contributed by atoms with Gasteiger partial charge in [0, 0.05) is 26.3 Å². The Morgan fingerprint density at radius 1 is 1.53 bits per heavy atom. The Labute approximate surface area is 98.0 Å². The minimum absolute atomic E-state index is 0.515. The van der Waals surface area contributed by atoms with Gasteiger partial charge in [0.25, 0.3) is 0 Å². The minimum Gasteiger partial charge on any atom is -0.385 e. The quantitative estimate of drug-likeness (QED) is 0.537. The molecule has 0 aromatic rings. The van der Waals surface area contributed by atoms with E-state index in [1.54, 1.807) is 7.11 Å². The van der Waals surface area contributed by atoms with Crippen LogP contribution in [-0.2, 0) is 4.74 Å². The topological polar surface area (TPSA) is 33.3 Å². The van der Waals surface area contributed by atoms with E-state index in [0.717, 1.165) is 30.6 Å². The Bertz CT molecular complexity index is 195. The number of ether oxygens (including phenoxy) is 1. The highest BCUT2D eigenvalue weighted by Gasteiger charge is 2.23. The lowest BCUT2D eigenvalue weighted by atomic mass is 9.80. The molecule has 0 aliphatic heterocycles. The second-order valence-electron chi connectivity index (χ2n) is 4.23. The van der Waals surface area contributed by atoms with E-state index >= 15 is 0 Å². The van der Waals surface area contributed by atoms with E-state index in [0.29, 0.717) is 6.04 Å². The fraction of sp³-hybridized carbons (Fsp3) is 0.909. The van der Waals surface area contributed by atoms with Gasteiger partial charge in [-0.05, 0) is 44.3 Å². The average Bonchev–Trinajstić information content (AvgIpc) is 2.09. The van der Waals surface area contributed by atoms with Crippen molar-refractivity contribution in [3.63, 3.8) is 0 Å². The van der Waals surface area contributed by atoms with Crippen LogP contribution in [0.5, 0.6) is 0 Å². The summed E-state index contributed by atoms with van der Waals surface area (Å²) in [5, 5.41) is 7.31. The average molecular weight is 230 g/mol. The van der Waals surface area contributed by atoms with Crippen molar-refractivity contribution in [1.82, 2.24) is 10.6 Å². The smallest absolute Gasteiger partial charge is 0.166 e. The van der Waals surface area contributed by atoms with Crippen LogP contribution in [-0.4, -0.2) is 31.4 Å². The number of hydrogen-bond acceptors (Lipinski definition) is 2. The molecule has 1 rings (SSSR count). The molecule has 0 bridgehead atoms. The Morgan fingerprint density at radius 3 is 2.80 bits per heavy atom. The van der Waals surface area contributed by atoms with Crippen LogP contribution in [0.1, 0.15) is 32.6 Å². The molecule has 1 aliphatic rings. The Morgan fingerprint density at radius 2 is 2.27 bits per heavy atom. The summed E-state index contributed by atoms with van der Waals surface area (Å²) in [7, 11) is 1.72. The van der Waals surface area contributed by atoms with Gasteiger partial charge in [0.15, 0.2) is 5.11 Å². The molecule has 1 fully saturated rings. The van der Waals surface area contributed by atoms with Crippen LogP contribution < -0.4 is 10.6 Å². The van der Waals surface area contributed by atoms with Crippen molar-refractivity contribution in [3.05, 3.63) is 0 Å². The molecule has 0 spiro atoms. The van der Waals surface area contributed by atoms with E-state index in [2.05, 4.69) is 17.6 Å². The van der Waals surface area contributed by atoms with Gasteiger partial charge >= 0.3 is 0 Å². The van der Waals surface area contributed by atoms with Crippen molar-refractivity contribution in [2.75, 3.05) is 20.3 Å². The number of hydrogen-bond donors (Lipinski definition) is 2.